The van der Waals surface area contributed by atoms with Gasteiger partial charge in [-0.2, -0.15) is 0 Å². The van der Waals surface area contributed by atoms with Crippen molar-refractivity contribution >= 4 is 0 Å². The molecule has 1 rings (SSSR count). The third-order valence-electron chi connectivity index (χ3n) is 3.53. The van der Waals surface area contributed by atoms with E-state index in [1.54, 1.807) is 6.92 Å². The Balaban J connectivity index is 2.58. The third-order valence-corrected chi connectivity index (χ3v) is 3.53. The van der Waals surface area contributed by atoms with Gasteiger partial charge in [-0.25, -0.2) is 0 Å². The minimum absolute atomic E-state index is 0.220. The first-order valence-electron chi connectivity index (χ1n) is 7.37. The van der Waals surface area contributed by atoms with Gasteiger partial charge in [0.1, 0.15) is 12.4 Å². The molecule has 0 saturated carbocycles. The molecule has 0 radical (unpaired) electrons. The van der Waals surface area contributed by atoms with Gasteiger partial charge in [-0.3, -0.25) is 0 Å². The summed E-state index contributed by atoms with van der Waals surface area (Å²) in [5, 5.41) is 9.19. The summed E-state index contributed by atoms with van der Waals surface area (Å²) in [6.45, 7) is 8.91. The highest BCUT2D eigenvalue weighted by atomic mass is 16.5. The van der Waals surface area contributed by atoms with Crippen LogP contribution in [0.25, 0.3) is 0 Å². The second-order valence-electron chi connectivity index (χ2n) is 6.03. The normalized spacial score (nSPS) is 13.3. The van der Waals surface area contributed by atoms with Gasteiger partial charge in [-0.1, -0.05) is 52.2 Å². The third kappa shape index (κ3) is 5.65. The molecule has 0 aliphatic carbocycles. The van der Waals surface area contributed by atoms with Gasteiger partial charge < -0.3 is 9.84 Å². The molecule has 0 amide bonds. The van der Waals surface area contributed by atoms with Gasteiger partial charge in [0.15, 0.2) is 0 Å². The Bertz CT molecular complexity index is 352. The summed E-state index contributed by atoms with van der Waals surface area (Å²) in [4.78, 5) is 0. The number of aliphatic hydroxyl groups excluding tert-OH is 1. The van der Waals surface area contributed by atoms with Crippen molar-refractivity contribution in [3.63, 3.8) is 0 Å². The maximum atomic E-state index is 9.19. The monoisotopic (exact) mass is 264 g/mol. The van der Waals surface area contributed by atoms with Gasteiger partial charge in [0.25, 0.3) is 0 Å². The van der Waals surface area contributed by atoms with E-state index in [-0.39, 0.29) is 5.41 Å². The number of unbranched alkanes of at least 4 members (excludes halogenated alkanes) is 2. The van der Waals surface area contributed by atoms with E-state index in [9.17, 15) is 5.11 Å². The zero-order chi connectivity index (χ0) is 14.3. The van der Waals surface area contributed by atoms with E-state index in [1.165, 1.54) is 31.2 Å². The molecule has 2 nitrogen and oxygen atoms in total. The molecule has 19 heavy (non-hydrogen) atoms. The molecule has 0 aliphatic heterocycles. The lowest BCUT2D eigenvalue weighted by Crippen LogP contribution is -2.17. The molecular weight excluding hydrogens is 236 g/mol. The average molecular weight is 264 g/mol. The number of benzene rings is 1. The zero-order valence-electron chi connectivity index (χ0n) is 12.8. The smallest absolute Gasteiger partial charge is 0.119 e. The van der Waals surface area contributed by atoms with Crippen molar-refractivity contribution in [1.82, 2.24) is 0 Å². The minimum atomic E-state index is -0.426. The number of aliphatic hydroxyl groups is 1. The molecule has 1 aromatic rings. The summed E-state index contributed by atoms with van der Waals surface area (Å²) in [6.07, 6.45) is 4.64. The predicted octanol–water partition coefficient (Wildman–Crippen LogP) is 4.30. The summed E-state index contributed by atoms with van der Waals surface area (Å²) >= 11 is 0. The van der Waals surface area contributed by atoms with E-state index in [1.807, 2.05) is 12.1 Å². The minimum Gasteiger partial charge on any atom is -0.491 e. The van der Waals surface area contributed by atoms with Crippen LogP contribution >= 0.6 is 0 Å². The van der Waals surface area contributed by atoms with Gasteiger partial charge in [-0.15, -0.1) is 0 Å². The van der Waals surface area contributed by atoms with E-state index in [4.69, 9.17) is 4.74 Å². The van der Waals surface area contributed by atoms with E-state index < -0.39 is 6.10 Å². The quantitative estimate of drug-likeness (QED) is 0.709. The molecule has 0 bridgehead atoms. The van der Waals surface area contributed by atoms with E-state index in [2.05, 4.69) is 32.9 Å². The lowest BCUT2D eigenvalue weighted by molar-refractivity contribution is 0.122. The van der Waals surface area contributed by atoms with Gasteiger partial charge in [0.2, 0.25) is 0 Å². The Morgan fingerprint density at radius 2 is 1.79 bits per heavy atom. The fourth-order valence-corrected chi connectivity index (χ4v) is 2.18. The molecule has 0 aliphatic rings. The number of rotatable bonds is 8. The van der Waals surface area contributed by atoms with Crippen LogP contribution in [0.2, 0.25) is 0 Å². The topological polar surface area (TPSA) is 29.5 Å². The number of hydrogen-bond acceptors (Lipinski definition) is 2. The maximum Gasteiger partial charge on any atom is 0.119 e. The molecular formula is C17H28O2. The summed E-state index contributed by atoms with van der Waals surface area (Å²) in [7, 11) is 0. The van der Waals surface area contributed by atoms with Crippen LogP contribution in [-0.4, -0.2) is 17.8 Å². The number of hydrogen-bond donors (Lipinski definition) is 1. The summed E-state index contributed by atoms with van der Waals surface area (Å²) in [6, 6.07) is 8.28. The fraction of sp³-hybridized carbons (Fsp3) is 0.647. The molecule has 1 aromatic carbocycles. The second kappa shape index (κ2) is 7.54. The Kier molecular flexibility index (Phi) is 6.36. The van der Waals surface area contributed by atoms with Crippen LogP contribution in [-0.2, 0) is 5.41 Å². The summed E-state index contributed by atoms with van der Waals surface area (Å²) in [5.41, 5.74) is 1.57. The summed E-state index contributed by atoms with van der Waals surface area (Å²) < 4.78 is 5.48. The van der Waals surface area contributed by atoms with Gasteiger partial charge >= 0.3 is 0 Å². The Hall–Kier alpha value is -1.02. The molecule has 1 unspecified atom stereocenters. The van der Waals surface area contributed by atoms with E-state index in [0.717, 1.165) is 5.75 Å². The Morgan fingerprint density at radius 1 is 1.16 bits per heavy atom. The first-order valence-corrected chi connectivity index (χ1v) is 7.37. The standard InChI is InChI=1S/C17H28O2/c1-5-6-7-12-17(3,4)15-8-10-16(11-9-15)19-13-14(2)18/h8-11,14,18H,5-7,12-13H2,1-4H3. The van der Waals surface area contributed by atoms with E-state index >= 15 is 0 Å². The van der Waals surface area contributed by atoms with Crippen LogP contribution < -0.4 is 4.74 Å². The molecule has 0 heterocycles. The highest BCUT2D eigenvalue weighted by molar-refractivity contribution is 5.31. The van der Waals surface area contributed by atoms with Crippen LogP contribution in [0.5, 0.6) is 5.75 Å². The maximum absolute atomic E-state index is 9.19. The van der Waals surface area contributed by atoms with Crippen molar-refractivity contribution in [3.8, 4) is 5.75 Å². The lowest BCUT2D eigenvalue weighted by Gasteiger charge is -2.25. The molecule has 2 heteroatoms. The van der Waals surface area contributed by atoms with Gasteiger partial charge in [0.05, 0.1) is 6.10 Å². The first kappa shape index (κ1) is 16.0. The molecule has 0 spiro atoms. The van der Waals surface area contributed by atoms with Crippen LogP contribution in [0.3, 0.4) is 0 Å². The van der Waals surface area contributed by atoms with Crippen LogP contribution in [0.4, 0.5) is 0 Å². The molecule has 0 saturated heterocycles. The van der Waals surface area contributed by atoms with Crippen LogP contribution in [0.15, 0.2) is 24.3 Å². The molecule has 1 N–H and O–H groups in total. The first-order chi connectivity index (χ1) is 8.95. The molecule has 0 fully saturated rings. The van der Waals surface area contributed by atoms with Crippen molar-refractivity contribution in [3.05, 3.63) is 29.8 Å². The molecule has 108 valence electrons. The Labute approximate surface area is 117 Å². The van der Waals surface area contributed by atoms with Gasteiger partial charge in [-0.05, 0) is 36.5 Å². The largest absolute Gasteiger partial charge is 0.491 e. The SMILES string of the molecule is CCCCCC(C)(C)c1ccc(OCC(C)O)cc1. The lowest BCUT2D eigenvalue weighted by atomic mass is 9.80. The zero-order valence-corrected chi connectivity index (χ0v) is 12.8. The van der Waals surface area contributed by atoms with Crippen molar-refractivity contribution < 1.29 is 9.84 Å². The van der Waals surface area contributed by atoms with Gasteiger partial charge in [0, 0.05) is 0 Å². The van der Waals surface area contributed by atoms with E-state index in [0.29, 0.717) is 6.61 Å². The molecule has 1 atom stereocenters. The average Bonchev–Trinajstić information content (AvgIpc) is 2.37. The highest BCUT2D eigenvalue weighted by Crippen LogP contribution is 2.30. The van der Waals surface area contributed by atoms with Crippen molar-refractivity contribution in [2.45, 2.75) is 64.9 Å². The fourth-order valence-electron chi connectivity index (χ4n) is 2.18. The van der Waals surface area contributed by atoms with Crippen molar-refractivity contribution in [2.24, 2.45) is 0 Å². The number of ether oxygens (including phenoxy) is 1. The van der Waals surface area contributed by atoms with Crippen molar-refractivity contribution in [1.29, 1.82) is 0 Å². The Morgan fingerprint density at radius 3 is 2.32 bits per heavy atom. The molecule has 0 aromatic heterocycles. The second-order valence-corrected chi connectivity index (χ2v) is 6.03. The van der Waals surface area contributed by atoms with Crippen molar-refractivity contribution in [2.75, 3.05) is 6.61 Å². The van der Waals surface area contributed by atoms with Crippen LogP contribution in [0.1, 0.15) is 58.9 Å². The predicted molar refractivity (Wildman–Crippen MR) is 80.8 cm³/mol. The summed E-state index contributed by atoms with van der Waals surface area (Å²) in [5.74, 6) is 0.828. The highest BCUT2D eigenvalue weighted by Gasteiger charge is 2.19. The van der Waals surface area contributed by atoms with Crippen LogP contribution in [0, 0.1) is 0 Å².